The van der Waals surface area contributed by atoms with Crippen molar-refractivity contribution in [3.63, 3.8) is 0 Å². The van der Waals surface area contributed by atoms with E-state index in [2.05, 4.69) is 46.4 Å². The van der Waals surface area contributed by atoms with Crippen molar-refractivity contribution in [1.82, 2.24) is 19.6 Å². The van der Waals surface area contributed by atoms with Crippen molar-refractivity contribution in [3.8, 4) is 5.75 Å². The highest BCUT2D eigenvalue weighted by Gasteiger charge is 2.49. The summed E-state index contributed by atoms with van der Waals surface area (Å²) < 4.78 is 8.38. The number of aliphatic hydroxyl groups is 1. The monoisotopic (exact) mass is 639 g/mol. The van der Waals surface area contributed by atoms with Gasteiger partial charge >= 0.3 is 5.91 Å². The number of imidazole rings is 1. The first-order valence-electron chi connectivity index (χ1n) is 14.8. The van der Waals surface area contributed by atoms with Crippen LogP contribution in [0, 0.1) is 20.8 Å². The maximum atomic E-state index is 13.8. The normalized spacial score (nSPS) is 16.2. The van der Waals surface area contributed by atoms with E-state index in [9.17, 15) is 14.7 Å². The Morgan fingerprint density at radius 1 is 1.02 bits per heavy atom. The summed E-state index contributed by atoms with van der Waals surface area (Å²) in [5, 5.41) is 20.7. The number of thioether (sulfide) groups is 1. The van der Waals surface area contributed by atoms with Gasteiger partial charge in [0.1, 0.15) is 17.1 Å². The summed E-state index contributed by atoms with van der Waals surface area (Å²) >= 11 is 2.75. The van der Waals surface area contributed by atoms with E-state index in [1.807, 2.05) is 67.8 Å². The minimum absolute atomic E-state index is 0.0483. The number of carbonyl (C=O) groups excluding carboxylic acids is 2. The van der Waals surface area contributed by atoms with Gasteiger partial charge in [-0.3, -0.25) is 14.5 Å². The lowest BCUT2D eigenvalue weighted by Crippen LogP contribution is -2.29. The number of amides is 1. The van der Waals surface area contributed by atoms with Gasteiger partial charge in [0.05, 0.1) is 23.9 Å². The van der Waals surface area contributed by atoms with Gasteiger partial charge < -0.3 is 14.2 Å². The average molecular weight is 640 g/mol. The summed E-state index contributed by atoms with van der Waals surface area (Å²) in [6.07, 6.45) is 3.80. The Kier molecular flexibility index (Phi) is 8.73. The van der Waals surface area contributed by atoms with E-state index in [4.69, 9.17) is 4.74 Å². The molecule has 0 saturated carbocycles. The van der Waals surface area contributed by atoms with Crippen LogP contribution in [-0.4, -0.2) is 43.0 Å². The molecule has 1 aliphatic heterocycles. The van der Waals surface area contributed by atoms with Crippen molar-refractivity contribution in [1.29, 1.82) is 0 Å². The second-order valence-corrected chi connectivity index (χ2v) is 13.2. The van der Waals surface area contributed by atoms with Gasteiger partial charge in [-0.25, -0.2) is 4.98 Å². The standard InChI is InChI=1S/C34H33N5O4S2/c1-5-6-18-43-25-15-13-24(14-16-25)28-26(29(40)27-22(4)38-17-7-8-21(3)31(38)35-27)30(41)32(42)39(28)33-36-37-34(45-33)44-19-23-11-9-20(2)10-12-23/h7-17,28,40H,5-6,18-19H2,1-4H3. The second kappa shape index (κ2) is 12.9. The molecule has 9 nitrogen and oxygen atoms in total. The third kappa shape index (κ3) is 5.97. The third-order valence-electron chi connectivity index (χ3n) is 7.80. The summed E-state index contributed by atoms with van der Waals surface area (Å²) in [5.41, 5.74) is 5.39. The molecular weight excluding hydrogens is 607 g/mol. The van der Waals surface area contributed by atoms with Crippen LogP contribution >= 0.6 is 23.1 Å². The lowest BCUT2D eigenvalue weighted by atomic mass is 9.96. The fourth-order valence-corrected chi connectivity index (χ4v) is 7.11. The van der Waals surface area contributed by atoms with Crippen LogP contribution in [-0.2, 0) is 15.3 Å². The number of aromatic nitrogens is 4. The Labute approximate surface area is 269 Å². The molecule has 6 rings (SSSR count). The van der Waals surface area contributed by atoms with Crippen molar-refractivity contribution in [3.05, 3.63) is 106 Å². The van der Waals surface area contributed by atoms with Crippen molar-refractivity contribution >= 4 is 51.3 Å². The van der Waals surface area contributed by atoms with Gasteiger partial charge in [0, 0.05) is 11.9 Å². The van der Waals surface area contributed by atoms with Crippen molar-refractivity contribution < 1.29 is 19.4 Å². The van der Waals surface area contributed by atoms with E-state index >= 15 is 0 Å². The molecule has 1 atom stereocenters. The van der Waals surface area contributed by atoms with Crippen molar-refractivity contribution in [2.45, 2.75) is 56.7 Å². The van der Waals surface area contributed by atoms with Crippen LogP contribution in [0.5, 0.6) is 5.75 Å². The molecule has 5 aromatic rings. The Morgan fingerprint density at radius 2 is 1.78 bits per heavy atom. The minimum Gasteiger partial charge on any atom is -0.505 e. The third-order valence-corrected chi connectivity index (χ3v) is 9.93. The van der Waals surface area contributed by atoms with Gasteiger partial charge in [-0.2, -0.15) is 0 Å². The number of aliphatic hydroxyl groups excluding tert-OH is 1. The predicted octanol–water partition coefficient (Wildman–Crippen LogP) is 7.21. The Morgan fingerprint density at radius 3 is 2.49 bits per heavy atom. The first-order valence-corrected chi connectivity index (χ1v) is 16.6. The number of Topliss-reactive ketones (excluding diaryl/α,β-unsaturated/α-hetero) is 1. The number of pyridine rings is 1. The van der Waals surface area contributed by atoms with Crippen molar-refractivity contribution in [2.24, 2.45) is 0 Å². The molecular formula is C34H33N5O4S2. The van der Waals surface area contributed by atoms with Gasteiger partial charge in [-0.05, 0) is 62.1 Å². The molecule has 3 aromatic heterocycles. The molecule has 45 heavy (non-hydrogen) atoms. The zero-order chi connectivity index (χ0) is 31.7. The summed E-state index contributed by atoms with van der Waals surface area (Å²) in [7, 11) is 0. The Hall–Kier alpha value is -4.48. The molecule has 1 saturated heterocycles. The SMILES string of the molecule is CCCCOc1ccc(C2C(=C(O)c3nc4c(C)cccn4c3C)C(=O)C(=O)N2c2nnc(SCc3ccc(C)cc3)s2)cc1. The minimum atomic E-state index is -0.942. The predicted molar refractivity (Wildman–Crippen MR) is 177 cm³/mol. The summed E-state index contributed by atoms with van der Waals surface area (Å²) in [6, 6.07) is 18.4. The molecule has 1 fully saturated rings. The van der Waals surface area contributed by atoms with Crippen LogP contribution in [0.3, 0.4) is 0 Å². The molecule has 230 valence electrons. The molecule has 11 heteroatoms. The maximum absolute atomic E-state index is 13.8. The molecule has 1 N–H and O–H groups in total. The number of benzene rings is 2. The number of hydrogen-bond donors (Lipinski definition) is 1. The summed E-state index contributed by atoms with van der Waals surface area (Å²) in [5.74, 6) is -0.556. The number of anilines is 1. The molecule has 0 spiro atoms. The van der Waals surface area contributed by atoms with Gasteiger partial charge in [0.25, 0.3) is 5.78 Å². The average Bonchev–Trinajstić information content (AvgIpc) is 3.72. The number of aryl methyl sites for hydroxylation is 3. The zero-order valence-corrected chi connectivity index (χ0v) is 27.1. The van der Waals surface area contributed by atoms with Crippen LogP contribution < -0.4 is 9.64 Å². The molecule has 1 amide bonds. The highest BCUT2D eigenvalue weighted by molar-refractivity contribution is 8.00. The van der Waals surface area contributed by atoms with Crippen LogP contribution in [0.1, 0.15) is 59.4 Å². The number of nitrogens with zero attached hydrogens (tertiary/aromatic N) is 5. The molecule has 0 bridgehead atoms. The van der Waals surface area contributed by atoms with Gasteiger partial charge in [-0.1, -0.05) is 84.5 Å². The zero-order valence-electron chi connectivity index (χ0n) is 25.5. The van der Waals surface area contributed by atoms with E-state index < -0.39 is 17.7 Å². The highest BCUT2D eigenvalue weighted by atomic mass is 32.2. The number of carbonyl (C=O) groups is 2. The fraction of sp³-hybridized carbons (Fsp3) is 0.265. The number of ether oxygens (including phenoxy) is 1. The van der Waals surface area contributed by atoms with Gasteiger partial charge in [0.2, 0.25) is 5.13 Å². The highest BCUT2D eigenvalue weighted by Crippen LogP contribution is 2.44. The fourth-order valence-electron chi connectivity index (χ4n) is 5.29. The number of ketones is 1. The molecule has 0 aliphatic carbocycles. The van der Waals surface area contributed by atoms with Crippen LogP contribution in [0.25, 0.3) is 11.4 Å². The second-order valence-electron chi connectivity index (χ2n) is 11.0. The van der Waals surface area contributed by atoms with Gasteiger partial charge in [0.15, 0.2) is 10.1 Å². The number of unbranched alkanes of at least 4 members (excludes halogenated alkanes) is 1. The van der Waals surface area contributed by atoms with E-state index in [1.54, 1.807) is 0 Å². The first-order chi connectivity index (χ1) is 21.8. The van der Waals surface area contributed by atoms with E-state index in [1.165, 1.54) is 33.6 Å². The lowest BCUT2D eigenvalue weighted by Gasteiger charge is -2.22. The topological polar surface area (TPSA) is 110 Å². The molecule has 0 radical (unpaired) electrons. The quantitative estimate of drug-likeness (QED) is 0.0426. The van der Waals surface area contributed by atoms with Gasteiger partial charge in [-0.15, -0.1) is 10.2 Å². The van der Waals surface area contributed by atoms with E-state index in [0.717, 1.165) is 24.0 Å². The Bertz CT molecular complexity index is 1910. The van der Waals surface area contributed by atoms with Crippen LogP contribution in [0.15, 0.2) is 76.8 Å². The Balaban J connectivity index is 1.40. The maximum Gasteiger partial charge on any atom is 0.301 e. The van der Waals surface area contributed by atoms with Crippen molar-refractivity contribution in [2.75, 3.05) is 11.5 Å². The number of fused-ring (bicyclic) bond motifs is 1. The molecule has 1 unspecified atom stereocenters. The molecule has 1 aliphatic rings. The van der Waals surface area contributed by atoms with Crippen LogP contribution in [0.4, 0.5) is 5.13 Å². The number of hydrogen-bond acceptors (Lipinski definition) is 9. The smallest absolute Gasteiger partial charge is 0.301 e. The van der Waals surface area contributed by atoms with E-state index in [-0.39, 0.29) is 22.2 Å². The first kappa shape index (κ1) is 30.5. The molecule has 4 heterocycles. The number of rotatable bonds is 10. The summed E-state index contributed by atoms with van der Waals surface area (Å²) in [4.78, 5) is 33.5. The molecule has 2 aromatic carbocycles. The van der Waals surface area contributed by atoms with Crippen LogP contribution in [0.2, 0.25) is 0 Å². The lowest BCUT2D eigenvalue weighted by molar-refractivity contribution is -0.132. The largest absolute Gasteiger partial charge is 0.505 e. The summed E-state index contributed by atoms with van der Waals surface area (Å²) in [6.45, 7) is 8.49. The van der Waals surface area contributed by atoms with E-state index in [0.29, 0.717) is 39.4 Å².